The first kappa shape index (κ1) is 12.2. The lowest BCUT2D eigenvalue weighted by Gasteiger charge is -2.09. The minimum absolute atomic E-state index is 0.148. The molecule has 1 N–H and O–H groups in total. The van der Waals surface area contributed by atoms with Crippen LogP contribution < -0.4 is 5.32 Å². The first-order chi connectivity index (χ1) is 9.24. The Kier molecular flexibility index (Phi) is 3.25. The Morgan fingerprint density at radius 1 is 1.47 bits per heavy atom. The molecule has 4 nitrogen and oxygen atoms in total. The van der Waals surface area contributed by atoms with Crippen molar-refractivity contribution in [3.8, 4) is 0 Å². The van der Waals surface area contributed by atoms with Crippen molar-refractivity contribution >= 4 is 16.9 Å². The van der Waals surface area contributed by atoms with E-state index < -0.39 is 0 Å². The molecule has 1 saturated heterocycles. The van der Waals surface area contributed by atoms with E-state index in [0.29, 0.717) is 12.3 Å². The Balaban J connectivity index is 1.72. The van der Waals surface area contributed by atoms with E-state index in [1.807, 2.05) is 25.1 Å². The molecule has 0 radical (unpaired) electrons. The zero-order valence-electron chi connectivity index (χ0n) is 10.9. The van der Waals surface area contributed by atoms with Crippen molar-refractivity contribution < 1.29 is 13.9 Å². The number of amides is 1. The van der Waals surface area contributed by atoms with Gasteiger partial charge in [0.25, 0.3) is 5.91 Å². The van der Waals surface area contributed by atoms with Crippen LogP contribution in [0.3, 0.4) is 0 Å². The molecule has 19 heavy (non-hydrogen) atoms. The molecule has 1 amide bonds. The average Bonchev–Trinajstić information content (AvgIpc) is 3.05. The van der Waals surface area contributed by atoms with Crippen LogP contribution in [0.4, 0.5) is 0 Å². The molecule has 2 heterocycles. The van der Waals surface area contributed by atoms with Crippen LogP contribution in [0.25, 0.3) is 11.0 Å². The fourth-order valence-corrected chi connectivity index (χ4v) is 2.42. The highest BCUT2D eigenvalue weighted by molar-refractivity contribution is 5.96. The smallest absolute Gasteiger partial charge is 0.287 e. The van der Waals surface area contributed by atoms with Crippen molar-refractivity contribution in [2.24, 2.45) is 0 Å². The van der Waals surface area contributed by atoms with Crippen molar-refractivity contribution in [3.63, 3.8) is 0 Å². The number of benzene rings is 1. The average molecular weight is 259 g/mol. The number of hydrogen-bond acceptors (Lipinski definition) is 3. The molecule has 1 aromatic heterocycles. The van der Waals surface area contributed by atoms with Crippen molar-refractivity contribution in [2.75, 3.05) is 13.2 Å². The molecule has 0 saturated carbocycles. The van der Waals surface area contributed by atoms with E-state index in [1.165, 1.54) is 0 Å². The summed E-state index contributed by atoms with van der Waals surface area (Å²) in [5, 5.41) is 3.82. The summed E-state index contributed by atoms with van der Waals surface area (Å²) >= 11 is 0. The maximum absolute atomic E-state index is 12.0. The molecular weight excluding hydrogens is 242 g/mol. The number of furan rings is 1. The Morgan fingerprint density at radius 3 is 3.11 bits per heavy atom. The molecule has 1 aliphatic rings. The van der Waals surface area contributed by atoms with Crippen molar-refractivity contribution in [3.05, 3.63) is 35.6 Å². The van der Waals surface area contributed by atoms with Crippen LogP contribution >= 0.6 is 0 Å². The second-order valence-electron chi connectivity index (χ2n) is 4.95. The number of hydrogen-bond donors (Lipinski definition) is 1. The fraction of sp³-hybridized carbons (Fsp3) is 0.400. The fourth-order valence-electron chi connectivity index (χ4n) is 2.42. The number of para-hydroxylation sites is 1. The summed E-state index contributed by atoms with van der Waals surface area (Å²) in [6.07, 6.45) is 2.24. The lowest BCUT2D eigenvalue weighted by atomic mass is 10.2. The van der Waals surface area contributed by atoms with E-state index in [1.54, 1.807) is 6.07 Å². The Bertz CT molecular complexity index is 596. The molecule has 4 heteroatoms. The number of carbonyl (C=O) groups excluding carboxylic acids is 1. The number of rotatable bonds is 3. The zero-order valence-corrected chi connectivity index (χ0v) is 10.9. The van der Waals surface area contributed by atoms with Crippen molar-refractivity contribution in [1.29, 1.82) is 0 Å². The van der Waals surface area contributed by atoms with E-state index in [0.717, 1.165) is 36.0 Å². The third-order valence-corrected chi connectivity index (χ3v) is 3.48. The van der Waals surface area contributed by atoms with Gasteiger partial charge >= 0.3 is 0 Å². The number of fused-ring (bicyclic) bond motifs is 1. The molecule has 2 aromatic rings. The number of ether oxygens (including phenoxy) is 1. The van der Waals surface area contributed by atoms with Gasteiger partial charge in [0.1, 0.15) is 5.58 Å². The van der Waals surface area contributed by atoms with Crippen LogP contribution in [0.2, 0.25) is 0 Å². The molecule has 1 aromatic carbocycles. The van der Waals surface area contributed by atoms with Crippen LogP contribution in [0, 0.1) is 6.92 Å². The minimum Gasteiger partial charge on any atom is -0.451 e. The lowest BCUT2D eigenvalue weighted by molar-refractivity contribution is 0.0837. The summed E-state index contributed by atoms with van der Waals surface area (Å²) in [5.41, 5.74) is 1.82. The predicted molar refractivity (Wildman–Crippen MR) is 72.3 cm³/mol. The van der Waals surface area contributed by atoms with Gasteiger partial charge in [0.15, 0.2) is 5.76 Å². The van der Waals surface area contributed by atoms with E-state index in [9.17, 15) is 4.79 Å². The highest BCUT2D eigenvalue weighted by Crippen LogP contribution is 2.22. The van der Waals surface area contributed by atoms with Crippen molar-refractivity contribution in [2.45, 2.75) is 25.9 Å². The maximum atomic E-state index is 12.0. The minimum atomic E-state index is -0.175. The second kappa shape index (κ2) is 5.05. The zero-order chi connectivity index (χ0) is 13.2. The number of nitrogens with one attached hydrogen (secondary N) is 1. The third kappa shape index (κ3) is 2.49. The van der Waals surface area contributed by atoms with Gasteiger partial charge in [-0.2, -0.15) is 0 Å². The molecule has 0 spiro atoms. The monoisotopic (exact) mass is 259 g/mol. The van der Waals surface area contributed by atoms with Crippen LogP contribution in [-0.4, -0.2) is 25.2 Å². The molecule has 3 rings (SSSR count). The molecular formula is C15H17NO3. The molecule has 0 aliphatic carbocycles. The highest BCUT2D eigenvalue weighted by atomic mass is 16.5. The van der Waals surface area contributed by atoms with Gasteiger partial charge in [0.2, 0.25) is 0 Å². The van der Waals surface area contributed by atoms with Gasteiger partial charge < -0.3 is 14.5 Å². The van der Waals surface area contributed by atoms with E-state index in [-0.39, 0.29) is 12.0 Å². The molecule has 1 aliphatic heterocycles. The van der Waals surface area contributed by atoms with Gasteiger partial charge in [0, 0.05) is 18.5 Å². The van der Waals surface area contributed by atoms with E-state index in [4.69, 9.17) is 9.15 Å². The molecule has 1 atom stereocenters. The van der Waals surface area contributed by atoms with Gasteiger partial charge in [-0.25, -0.2) is 0 Å². The van der Waals surface area contributed by atoms with Crippen LogP contribution in [-0.2, 0) is 4.74 Å². The van der Waals surface area contributed by atoms with E-state index >= 15 is 0 Å². The summed E-state index contributed by atoms with van der Waals surface area (Å²) in [7, 11) is 0. The second-order valence-corrected chi connectivity index (χ2v) is 4.95. The largest absolute Gasteiger partial charge is 0.451 e. The Morgan fingerprint density at radius 2 is 2.37 bits per heavy atom. The molecule has 1 fully saturated rings. The highest BCUT2D eigenvalue weighted by Gasteiger charge is 2.18. The normalized spacial score (nSPS) is 18.9. The number of aryl methyl sites for hydroxylation is 1. The Labute approximate surface area is 111 Å². The van der Waals surface area contributed by atoms with Crippen LogP contribution in [0.1, 0.15) is 29.0 Å². The first-order valence-electron chi connectivity index (χ1n) is 6.63. The SMILES string of the molecule is Cc1cccc2cc(C(=O)NC[C@@H]3CCCO3)oc12. The topological polar surface area (TPSA) is 51.5 Å². The standard InChI is InChI=1S/C15H17NO3/c1-10-4-2-5-11-8-13(19-14(10)11)15(17)16-9-12-6-3-7-18-12/h2,4-5,8,12H,3,6-7,9H2,1H3,(H,16,17)/t12-/m0/s1. The van der Waals surface area contributed by atoms with Gasteiger partial charge in [-0.1, -0.05) is 18.2 Å². The van der Waals surface area contributed by atoms with Crippen LogP contribution in [0.15, 0.2) is 28.7 Å². The molecule has 0 bridgehead atoms. The predicted octanol–water partition coefficient (Wildman–Crippen LogP) is 2.65. The summed E-state index contributed by atoms with van der Waals surface area (Å²) in [5.74, 6) is 0.188. The molecule has 0 unspecified atom stereocenters. The van der Waals surface area contributed by atoms with Gasteiger partial charge in [-0.15, -0.1) is 0 Å². The van der Waals surface area contributed by atoms with Gasteiger partial charge in [0.05, 0.1) is 6.10 Å². The number of carbonyl (C=O) groups is 1. The molecule has 100 valence electrons. The summed E-state index contributed by atoms with van der Waals surface area (Å²) in [6, 6.07) is 7.66. The Hall–Kier alpha value is -1.81. The quantitative estimate of drug-likeness (QED) is 0.922. The van der Waals surface area contributed by atoms with Crippen LogP contribution in [0.5, 0.6) is 0 Å². The maximum Gasteiger partial charge on any atom is 0.287 e. The van der Waals surface area contributed by atoms with Gasteiger partial charge in [-0.05, 0) is 31.4 Å². The summed E-state index contributed by atoms with van der Waals surface area (Å²) in [6.45, 7) is 3.32. The van der Waals surface area contributed by atoms with Crippen molar-refractivity contribution in [1.82, 2.24) is 5.32 Å². The van der Waals surface area contributed by atoms with Gasteiger partial charge in [-0.3, -0.25) is 4.79 Å². The first-order valence-corrected chi connectivity index (χ1v) is 6.63. The third-order valence-electron chi connectivity index (χ3n) is 3.48. The van der Waals surface area contributed by atoms with E-state index in [2.05, 4.69) is 5.32 Å². The summed E-state index contributed by atoms with van der Waals surface area (Å²) < 4.78 is 11.1. The summed E-state index contributed by atoms with van der Waals surface area (Å²) in [4.78, 5) is 12.0. The lowest BCUT2D eigenvalue weighted by Crippen LogP contribution is -2.31.